The van der Waals surface area contributed by atoms with Gasteiger partial charge in [0.05, 0.1) is 21.8 Å². The van der Waals surface area contributed by atoms with Crippen molar-refractivity contribution in [3.8, 4) is 0 Å². The highest BCUT2D eigenvalue weighted by molar-refractivity contribution is 7.18. The summed E-state index contributed by atoms with van der Waals surface area (Å²) in [5, 5.41) is 4.87. The number of benzene rings is 1. The van der Waals surface area contributed by atoms with Gasteiger partial charge in [-0.1, -0.05) is 25.0 Å². The van der Waals surface area contributed by atoms with Crippen LogP contribution in [0.5, 0.6) is 0 Å². The van der Waals surface area contributed by atoms with Crippen molar-refractivity contribution in [1.29, 1.82) is 0 Å². The highest BCUT2D eigenvalue weighted by atomic mass is 32.1. The molecule has 0 aliphatic heterocycles. The smallest absolute Gasteiger partial charge is 0.0944 e. The highest BCUT2D eigenvalue weighted by Gasteiger charge is 2.34. The maximum atomic E-state index is 5.12. The number of nitrogens with one attached hydrogen (secondary N) is 1. The summed E-state index contributed by atoms with van der Waals surface area (Å²) in [7, 11) is 1.76. The summed E-state index contributed by atoms with van der Waals surface area (Å²) in [6.45, 7) is 2.82. The van der Waals surface area contributed by atoms with E-state index in [0.29, 0.717) is 5.41 Å². The first-order valence-electron chi connectivity index (χ1n) is 7.85. The SMILES string of the molecule is COCCNCC1(Cc2nc3ccccc3s2)CCCC1. The van der Waals surface area contributed by atoms with Gasteiger partial charge in [-0.25, -0.2) is 4.98 Å². The van der Waals surface area contributed by atoms with Gasteiger partial charge in [-0.2, -0.15) is 0 Å². The number of rotatable bonds is 7. The lowest BCUT2D eigenvalue weighted by atomic mass is 9.83. The molecule has 1 aromatic carbocycles. The molecule has 1 aliphatic carbocycles. The minimum atomic E-state index is 0.404. The van der Waals surface area contributed by atoms with Gasteiger partial charge in [0.2, 0.25) is 0 Å². The first-order valence-corrected chi connectivity index (χ1v) is 8.67. The van der Waals surface area contributed by atoms with Gasteiger partial charge in [0, 0.05) is 26.6 Å². The molecule has 0 saturated heterocycles. The van der Waals surface area contributed by atoms with Gasteiger partial charge >= 0.3 is 0 Å². The Bertz CT molecular complexity index is 542. The second-order valence-corrected chi connectivity index (χ2v) is 7.24. The van der Waals surface area contributed by atoms with Crippen LogP contribution in [0.4, 0.5) is 0 Å². The molecule has 114 valence electrons. The van der Waals surface area contributed by atoms with Crippen molar-refractivity contribution in [1.82, 2.24) is 10.3 Å². The molecular weight excluding hydrogens is 280 g/mol. The van der Waals surface area contributed by atoms with E-state index in [4.69, 9.17) is 9.72 Å². The monoisotopic (exact) mass is 304 g/mol. The van der Waals surface area contributed by atoms with Crippen LogP contribution >= 0.6 is 11.3 Å². The molecule has 3 nitrogen and oxygen atoms in total. The molecule has 1 fully saturated rings. The number of fused-ring (bicyclic) bond motifs is 1. The summed E-state index contributed by atoms with van der Waals surface area (Å²) in [6, 6.07) is 8.47. The Balaban J connectivity index is 1.69. The van der Waals surface area contributed by atoms with Gasteiger partial charge in [-0.15, -0.1) is 11.3 Å². The number of ether oxygens (including phenoxy) is 1. The lowest BCUT2D eigenvalue weighted by Gasteiger charge is -2.28. The van der Waals surface area contributed by atoms with Crippen molar-refractivity contribution in [2.75, 3.05) is 26.8 Å². The largest absolute Gasteiger partial charge is 0.383 e. The number of hydrogen-bond donors (Lipinski definition) is 1. The molecule has 1 heterocycles. The number of aromatic nitrogens is 1. The summed E-state index contributed by atoms with van der Waals surface area (Å²) >= 11 is 1.86. The minimum Gasteiger partial charge on any atom is -0.383 e. The van der Waals surface area contributed by atoms with E-state index in [1.54, 1.807) is 7.11 Å². The standard InChI is InChI=1S/C17H24N2OS/c1-20-11-10-18-13-17(8-4-5-9-17)12-16-19-14-6-2-3-7-15(14)21-16/h2-3,6-7,18H,4-5,8-13H2,1H3. The Morgan fingerprint density at radius 1 is 1.29 bits per heavy atom. The van der Waals surface area contributed by atoms with Crippen LogP contribution < -0.4 is 5.32 Å². The Morgan fingerprint density at radius 3 is 2.86 bits per heavy atom. The molecule has 0 spiro atoms. The van der Waals surface area contributed by atoms with Crippen LogP contribution in [0, 0.1) is 5.41 Å². The van der Waals surface area contributed by atoms with Crippen molar-refractivity contribution in [2.24, 2.45) is 5.41 Å². The first kappa shape index (κ1) is 14.9. The number of methoxy groups -OCH3 is 1. The number of thiazole rings is 1. The van der Waals surface area contributed by atoms with Gasteiger partial charge in [-0.05, 0) is 30.4 Å². The Morgan fingerprint density at radius 2 is 2.10 bits per heavy atom. The quantitative estimate of drug-likeness (QED) is 0.793. The molecule has 1 N–H and O–H groups in total. The molecular formula is C17H24N2OS. The average molecular weight is 304 g/mol. The zero-order valence-electron chi connectivity index (χ0n) is 12.7. The fraction of sp³-hybridized carbons (Fsp3) is 0.588. The van der Waals surface area contributed by atoms with E-state index in [9.17, 15) is 0 Å². The number of hydrogen-bond acceptors (Lipinski definition) is 4. The van der Waals surface area contributed by atoms with Crippen molar-refractivity contribution in [2.45, 2.75) is 32.1 Å². The van der Waals surface area contributed by atoms with E-state index < -0.39 is 0 Å². The Hall–Kier alpha value is -0.970. The predicted octanol–water partition coefficient (Wildman–Crippen LogP) is 3.64. The zero-order chi connectivity index (χ0) is 14.5. The molecule has 0 amide bonds. The number of nitrogens with zero attached hydrogens (tertiary/aromatic N) is 1. The molecule has 1 aliphatic rings. The molecule has 0 unspecified atom stereocenters. The van der Waals surface area contributed by atoms with Crippen molar-refractivity contribution >= 4 is 21.6 Å². The van der Waals surface area contributed by atoms with Gasteiger partial charge in [0.1, 0.15) is 0 Å². The molecule has 4 heteroatoms. The molecule has 2 aromatic rings. The van der Waals surface area contributed by atoms with E-state index in [1.807, 2.05) is 11.3 Å². The maximum Gasteiger partial charge on any atom is 0.0944 e. The van der Waals surface area contributed by atoms with Crippen molar-refractivity contribution < 1.29 is 4.74 Å². The fourth-order valence-corrected chi connectivity index (χ4v) is 4.53. The van der Waals surface area contributed by atoms with Crippen LogP contribution in [0.3, 0.4) is 0 Å². The molecule has 0 atom stereocenters. The number of para-hydroxylation sites is 1. The van der Waals surface area contributed by atoms with Crippen molar-refractivity contribution in [3.05, 3.63) is 29.3 Å². The summed E-state index contributed by atoms with van der Waals surface area (Å²) in [6.07, 6.45) is 6.48. The second kappa shape index (κ2) is 6.86. The van der Waals surface area contributed by atoms with Gasteiger partial charge in [-0.3, -0.25) is 0 Å². The van der Waals surface area contributed by atoms with E-state index in [0.717, 1.165) is 31.6 Å². The Kier molecular flexibility index (Phi) is 4.88. The molecule has 1 saturated carbocycles. The van der Waals surface area contributed by atoms with Crippen LogP contribution in [0.1, 0.15) is 30.7 Å². The highest BCUT2D eigenvalue weighted by Crippen LogP contribution is 2.41. The first-order chi connectivity index (χ1) is 10.3. The zero-order valence-corrected chi connectivity index (χ0v) is 13.5. The molecule has 0 radical (unpaired) electrons. The summed E-state index contributed by atoms with van der Waals surface area (Å²) < 4.78 is 6.44. The van der Waals surface area contributed by atoms with E-state index in [-0.39, 0.29) is 0 Å². The van der Waals surface area contributed by atoms with Crippen LogP contribution in [0.15, 0.2) is 24.3 Å². The topological polar surface area (TPSA) is 34.1 Å². The lowest BCUT2D eigenvalue weighted by Crippen LogP contribution is -2.35. The lowest BCUT2D eigenvalue weighted by molar-refractivity contribution is 0.190. The summed E-state index contributed by atoms with van der Waals surface area (Å²) in [5.41, 5.74) is 1.56. The third kappa shape index (κ3) is 3.62. The van der Waals surface area contributed by atoms with E-state index in [2.05, 4.69) is 29.6 Å². The van der Waals surface area contributed by atoms with Crippen LogP contribution in [0.2, 0.25) is 0 Å². The average Bonchev–Trinajstić information content (AvgIpc) is 3.10. The molecule has 21 heavy (non-hydrogen) atoms. The Labute approximate surface area is 130 Å². The molecule has 1 aromatic heterocycles. The fourth-order valence-electron chi connectivity index (χ4n) is 3.39. The summed E-state index contributed by atoms with van der Waals surface area (Å²) in [5.74, 6) is 0. The maximum absolute atomic E-state index is 5.12. The third-order valence-electron chi connectivity index (χ3n) is 4.51. The second-order valence-electron chi connectivity index (χ2n) is 6.13. The third-order valence-corrected chi connectivity index (χ3v) is 5.55. The molecule has 3 rings (SSSR count). The normalized spacial score (nSPS) is 17.6. The van der Waals surface area contributed by atoms with Gasteiger partial charge in [0.25, 0.3) is 0 Å². The van der Waals surface area contributed by atoms with Gasteiger partial charge < -0.3 is 10.1 Å². The van der Waals surface area contributed by atoms with Crippen LogP contribution in [-0.4, -0.2) is 31.8 Å². The van der Waals surface area contributed by atoms with E-state index in [1.165, 1.54) is 35.4 Å². The van der Waals surface area contributed by atoms with Crippen molar-refractivity contribution in [3.63, 3.8) is 0 Å². The van der Waals surface area contributed by atoms with E-state index >= 15 is 0 Å². The summed E-state index contributed by atoms with van der Waals surface area (Å²) in [4.78, 5) is 4.83. The van der Waals surface area contributed by atoms with Crippen LogP contribution in [0.25, 0.3) is 10.2 Å². The minimum absolute atomic E-state index is 0.404. The predicted molar refractivity (Wildman–Crippen MR) is 89.0 cm³/mol. The molecule has 0 bridgehead atoms. The van der Waals surface area contributed by atoms with Crippen LogP contribution in [-0.2, 0) is 11.2 Å². The van der Waals surface area contributed by atoms with Gasteiger partial charge in [0.15, 0.2) is 0 Å².